The molecular formula is C14H20N4O3S. The van der Waals surface area contributed by atoms with Crippen molar-refractivity contribution in [3.63, 3.8) is 0 Å². The van der Waals surface area contributed by atoms with Crippen LogP contribution in [0.3, 0.4) is 0 Å². The second-order valence-corrected chi connectivity index (χ2v) is 7.95. The van der Waals surface area contributed by atoms with E-state index in [2.05, 4.69) is 9.71 Å². The molecular weight excluding hydrogens is 304 g/mol. The first-order valence-electron chi connectivity index (χ1n) is 7.35. The molecule has 120 valence electrons. The molecule has 0 aromatic heterocycles. The number of carbonyl (C=O) groups excluding carboxylic acids is 1. The van der Waals surface area contributed by atoms with E-state index in [0.717, 1.165) is 12.8 Å². The third kappa shape index (κ3) is 2.93. The minimum Gasteiger partial charge on any atom is -0.345 e. The van der Waals surface area contributed by atoms with Crippen LogP contribution >= 0.6 is 0 Å². The van der Waals surface area contributed by atoms with Crippen LogP contribution in [0.2, 0.25) is 0 Å². The second kappa shape index (κ2) is 5.20. The summed E-state index contributed by atoms with van der Waals surface area (Å²) in [6.45, 7) is 2.67. The lowest BCUT2D eigenvalue weighted by Crippen LogP contribution is -2.53. The molecule has 0 aromatic rings. The van der Waals surface area contributed by atoms with Crippen LogP contribution in [0.4, 0.5) is 0 Å². The fraction of sp³-hybridized carbons (Fsp3) is 0.571. The Morgan fingerprint density at radius 2 is 2.23 bits per heavy atom. The number of nitrogens with two attached hydrogens (primary N) is 1. The van der Waals surface area contributed by atoms with Crippen molar-refractivity contribution in [2.24, 2.45) is 16.0 Å². The number of hydrogen-bond acceptors (Lipinski definition) is 5. The Balaban J connectivity index is 1.75. The lowest BCUT2D eigenvalue weighted by Gasteiger charge is -2.31. The van der Waals surface area contributed by atoms with Crippen molar-refractivity contribution in [1.82, 2.24) is 10.2 Å². The maximum Gasteiger partial charge on any atom is 0.256 e. The maximum absolute atomic E-state index is 12.4. The summed E-state index contributed by atoms with van der Waals surface area (Å²) in [7, 11) is -3.38. The van der Waals surface area contributed by atoms with Gasteiger partial charge in [-0.15, -0.1) is 4.40 Å². The molecule has 3 N–H and O–H groups in total. The molecule has 3 rings (SSSR count). The van der Waals surface area contributed by atoms with Gasteiger partial charge in [0.25, 0.3) is 15.9 Å². The summed E-state index contributed by atoms with van der Waals surface area (Å²) in [6, 6.07) is 0. The van der Waals surface area contributed by atoms with E-state index in [1.807, 2.05) is 6.92 Å². The summed E-state index contributed by atoms with van der Waals surface area (Å²) in [6.07, 6.45) is 6.97. The van der Waals surface area contributed by atoms with E-state index in [1.165, 1.54) is 0 Å². The predicted molar refractivity (Wildman–Crippen MR) is 83.5 cm³/mol. The van der Waals surface area contributed by atoms with Crippen molar-refractivity contribution >= 4 is 21.8 Å². The molecule has 1 amide bonds. The first kappa shape index (κ1) is 15.2. The summed E-state index contributed by atoms with van der Waals surface area (Å²) in [5.41, 5.74) is 5.91. The predicted octanol–water partition coefficient (Wildman–Crippen LogP) is -0.272. The van der Waals surface area contributed by atoms with Crippen molar-refractivity contribution in [3.8, 4) is 0 Å². The van der Waals surface area contributed by atoms with E-state index in [9.17, 15) is 13.2 Å². The van der Waals surface area contributed by atoms with Crippen LogP contribution in [-0.4, -0.2) is 49.4 Å². The number of carbonyl (C=O) groups is 1. The monoisotopic (exact) mass is 324 g/mol. The van der Waals surface area contributed by atoms with E-state index in [-0.39, 0.29) is 17.2 Å². The van der Waals surface area contributed by atoms with Gasteiger partial charge >= 0.3 is 0 Å². The van der Waals surface area contributed by atoms with Crippen LogP contribution in [-0.2, 0) is 14.8 Å². The number of sulfonamides is 1. The first-order valence-corrected chi connectivity index (χ1v) is 8.96. The summed E-state index contributed by atoms with van der Waals surface area (Å²) in [4.78, 5) is 14.1. The zero-order chi connectivity index (χ0) is 16.0. The van der Waals surface area contributed by atoms with Crippen molar-refractivity contribution in [2.75, 3.05) is 18.8 Å². The van der Waals surface area contributed by atoms with Crippen LogP contribution < -0.4 is 11.1 Å². The van der Waals surface area contributed by atoms with Crippen molar-refractivity contribution < 1.29 is 13.2 Å². The number of fused-ring (bicyclic) bond motifs is 1. The molecule has 22 heavy (non-hydrogen) atoms. The Morgan fingerprint density at radius 3 is 2.86 bits per heavy atom. The Kier molecular flexibility index (Phi) is 3.60. The van der Waals surface area contributed by atoms with Gasteiger partial charge in [-0.05, 0) is 37.8 Å². The fourth-order valence-corrected chi connectivity index (χ4v) is 3.68. The lowest BCUT2D eigenvalue weighted by atomic mass is 9.95. The third-order valence-corrected chi connectivity index (χ3v) is 5.55. The van der Waals surface area contributed by atoms with E-state index in [1.54, 1.807) is 23.3 Å². The standard InChI is InChI=1S/C14H20N4O3S/c1-14(9-15,11-3-4-11)16-13(19)10-2-5-12-17-22(20,21)7-6-18(12)8-10/h2,5,8,11H,3-4,6-7,9,15H2,1H3,(H,16,19). The van der Waals surface area contributed by atoms with Gasteiger partial charge < -0.3 is 16.0 Å². The largest absolute Gasteiger partial charge is 0.345 e. The van der Waals surface area contributed by atoms with Gasteiger partial charge in [0.2, 0.25) is 0 Å². The molecule has 1 saturated carbocycles. The first-order chi connectivity index (χ1) is 10.3. The number of nitrogens with one attached hydrogen (secondary N) is 1. The molecule has 0 aromatic carbocycles. The minimum atomic E-state index is -3.38. The van der Waals surface area contributed by atoms with Crippen LogP contribution in [0.5, 0.6) is 0 Å². The van der Waals surface area contributed by atoms with Gasteiger partial charge in [0, 0.05) is 19.3 Å². The van der Waals surface area contributed by atoms with Crippen molar-refractivity contribution in [2.45, 2.75) is 25.3 Å². The zero-order valence-corrected chi connectivity index (χ0v) is 13.3. The number of hydrogen-bond donors (Lipinski definition) is 2. The Bertz CT molecular complexity index is 691. The molecule has 2 aliphatic heterocycles. The second-order valence-electron chi connectivity index (χ2n) is 6.20. The summed E-state index contributed by atoms with van der Waals surface area (Å²) < 4.78 is 26.6. The molecule has 3 aliphatic rings. The van der Waals surface area contributed by atoms with Gasteiger partial charge in [0.1, 0.15) is 5.84 Å². The van der Waals surface area contributed by atoms with Gasteiger partial charge in [-0.3, -0.25) is 4.79 Å². The third-order valence-electron chi connectivity index (χ3n) is 4.39. The van der Waals surface area contributed by atoms with Gasteiger partial charge in [-0.2, -0.15) is 0 Å². The van der Waals surface area contributed by atoms with Crippen molar-refractivity contribution in [1.29, 1.82) is 0 Å². The highest BCUT2D eigenvalue weighted by atomic mass is 32.2. The molecule has 1 atom stereocenters. The van der Waals surface area contributed by atoms with Crippen LogP contribution in [0.15, 0.2) is 28.3 Å². The Hall–Kier alpha value is -1.67. The van der Waals surface area contributed by atoms with Crippen LogP contribution in [0.25, 0.3) is 0 Å². The highest BCUT2D eigenvalue weighted by Gasteiger charge is 2.42. The molecule has 0 spiro atoms. The minimum absolute atomic E-state index is 0.0433. The summed E-state index contributed by atoms with van der Waals surface area (Å²) in [5.74, 6) is 0.556. The topological polar surface area (TPSA) is 105 Å². The lowest BCUT2D eigenvalue weighted by molar-refractivity contribution is -0.119. The van der Waals surface area contributed by atoms with Crippen molar-refractivity contribution in [3.05, 3.63) is 23.9 Å². The number of amidine groups is 1. The molecule has 1 fully saturated rings. The normalized spacial score (nSPS) is 25.6. The molecule has 1 unspecified atom stereocenters. The molecule has 1 aliphatic carbocycles. The quantitative estimate of drug-likeness (QED) is 0.740. The molecule has 0 bridgehead atoms. The van der Waals surface area contributed by atoms with Gasteiger partial charge in [-0.1, -0.05) is 0 Å². The van der Waals surface area contributed by atoms with Gasteiger partial charge in [0.15, 0.2) is 0 Å². The SMILES string of the molecule is CC(CN)(NC(=O)C1=CN2CCS(=O)(=O)N=C2C=C1)C1CC1. The number of nitrogens with zero attached hydrogens (tertiary/aromatic N) is 2. The van der Waals surface area contributed by atoms with Crippen LogP contribution in [0.1, 0.15) is 19.8 Å². The van der Waals surface area contributed by atoms with E-state index in [4.69, 9.17) is 5.73 Å². The van der Waals surface area contributed by atoms with E-state index in [0.29, 0.717) is 30.4 Å². The molecule has 0 saturated heterocycles. The zero-order valence-electron chi connectivity index (χ0n) is 12.4. The van der Waals surface area contributed by atoms with E-state index >= 15 is 0 Å². The van der Waals surface area contributed by atoms with E-state index < -0.39 is 10.0 Å². The van der Waals surface area contributed by atoms with Crippen LogP contribution in [0, 0.1) is 5.92 Å². The molecule has 2 heterocycles. The maximum atomic E-state index is 12.4. The molecule has 0 radical (unpaired) electrons. The summed E-state index contributed by atoms with van der Waals surface area (Å²) >= 11 is 0. The number of rotatable bonds is 4. The smallest absolute Gasteiger partial charge is 0.256 e. The fourth-order valence-electron chi connectivity index (χ4n) is 2.71. The Morgan fingerprint density at radius 1 is 1.50 bits per heavy atom. The highest BCUT2D eigenvalue weighted by molar-refractivity contribution is 7.90. The Labute approximate surface area is 130 Å². The average Bonchev–Trinajstić information content (AvgIpc) is 3.30. The molecule has 7 nitrogen and oxygen atoms in total. The highest BCUT2D eigenvalue weighted by Crippen LogP contribution is 2.39. The number of amides is 1. The molecule has 8 heteroatoms. The van der Waals surface area contributed by atoms with Gasteiger partial charge in [-0.25, -0.2) is 8.42 Å². The summed E-state index contributed by atoms with van der Waals surface area (Å²) in [5, 5.41) is 3.02. The average molecular weight is 324 g/mol. The van der Waals surface area contributed by atoms with Gasteiger partial charge in [0.05, 0.1) is 16.9 Å².